The van der Waals surface area contributed by atoms with Crippen LogP contribution in [0.15, 0.2) is 28.7 Å². The highest BCUT2D eigenvalue weighted by molar-refractivity contribution is 6.29. The normalized spacial score (nSPS) is 12.8. The molecule has 3 N–H and O–H groups in total. The van der Waals surface area contributed by atoms with Crippen molar-refractivity contribution >= 4 is 34.2 Å². The summed E-state index contributed by atoms with van der Waals surface area (Å²) in [6.07, 6.45) is -0.708. The van der Waals surface area contributed by atoms with Crippen LogP contribution >= 0.6 is 11.6 Å². The molecule has 6 heteroatoms. The fourth-order valence-corrected chi connectivity index (χ4v) is 2.01. The van der Waals surface area contributed by atoms with Crippen LogP contribution in [0, 0.1) is 0 Å². The molecule has 1 unspecified atom stereocenters. The Hall–Kier alpha value is -1.56. The average Bonchev–Trinajstić information content (AvgIpc) is 2.87. The molecular formula is C15H19ClN2O3. The smallest absolute Gasteiger partial charge is 0.239 e. The van der Waals surface area contributed by atoms with Crippen LogP contribution in [0.4, 0.5) is 5.69 Å². The van der Waals surface area contributed by atoms with Gasteiger partial charge in [0.25, 0.3) is 0 Å². The summed E-state index contributed by atoms with van der Waals surface area (Å²) in [7, 11) is 0. The summed E-state index contributed by atoms with van der Waals surface area (Å²) in [6, 6.07) is 7.35. The molecule has 1 heterocycles. The molecule has 1 aromatic heterocycles. The van der Waals surface area contributed by atoms with Crippen molar-refractivity contribution in [2.24, 2.45) is 0 Å². The lowest BCUT2D eigenvalue weighted by Crippen LogP contribution is -2.27. The van der Waals surface area contributed by atoms with E-state index in [0.29, 0.717) is 29.6 Å². The van der Waals surface area contributed by atoms with Gasteiger partial charge in [-0.1, -0.05) is 13.8 Å². The monoisotopic (exact) mass is 310 g/mol. The maximum Gasteiger partial charge on any atom is 0.239 e. The predicted molar refractivity (Wildman–Crippen MR) is 83.7 cm³/mol. The van der Waals surface area contributed by atoms with Crippen LogP contribution in [-0.4, -0.2) is 29.5 Å². The van der Waals surface area contributed by atoms with Gasteiger partial charge in [0.2, 0.25) is 5.91 Å². The molecule has 1 amide bonds. The number of nitrogens with one attached hydrogen (secondary N) is 2. The van der Waals surface area contributed by atoms with Crippen molar-refractivity contribution in [1.29, 1.82) is 0 Å². The van der Waals surface area contributed by atoms with Gasteiger partial charge in [-0.15, -0.1) is 11.6 Å². The van der Waals surface area contributed by atoms with Crippen molar-refractivity contribution < 1.29 is 14.3 Å². The van der Waals surface area contributed by atoms with E-state index in [0.717, 1.165) is 5.39 Å². The number of halogens is 1. The summed E-state index contributed by atoms with van der Waals surface area (Å²) in [5.41, 5.74) is 1.31. The largest absolute Gasteiger partial charge is 0.458 e. The number of aliphatic hydroxyl groups excluding tert-OH is 1. The fourth-order valence-electron chi connectivity index (χ4n) is 1.95. The van der Waals surface area contributed by atoms with Gasteiger partial charge in [-0.25, -0.2) is 0 Å². The number of amides is 1. The van der Waals surface area contributed by atoms with Gasteiger partial charge in [-0.2, -0.15) is 0 Å². The van der Waals surface area contributed by atoms with Crippen molar-refractivity contribution in [2.45, 2.75) is 26.0 Å². The maximum absolute atomic E-state index is 11.3. The summed E-state index contributed by atoms with van der Waals surface area (Å²) in [5.74, 6) is 0.147. The highest BCUT2D eigenvalue weighted by Crippen LogP contribution is 2.26. The van der Waals surface area contributed by atoms with E-state index in [1.54, 1.807) is 24.3 Å². The zero-order chi connectivity index (χ0) is 15.4. The second kappa shape index (κ2) is 6.93. The first-order chi connectivity index (χ1) is 9.99. The topological polar surface area (TPSA) is 74.5 Å². The second-order valence-corrected chi connectivity index (χ2v) is 5.43. The number of carbonyl (C=O) groups excluding carboxylic acids is 1. The summed E-state index contributed by atoms with van der Waals surface area (Å²) >= 11 is 5.46. The van der Waals surface area contributed by atoms with Crippen LogP contribution in [0.2, 0.25) is 0 Å². The van der Waals surface area contributed by atoms with Crippen molar-refractivity contribution in [2.75, 3.05) is 17.7 Å². The Labute approximate surface area is 128 Å². The summed E-state index contributed by atoms with van der Waals surface area (Å²) < 4.78 is 5.62. The van der Waals surface area contributed by atoms with Crippen LogP contribution in [0.5, 0.6) is 0 Å². The van der Waals surface area contributed by atoms with Gasteiger partial charge in [0.1, 0.15) is 23.3 Å². The minimum Gasteiger partial charge on any atom is -0.458 e. The third-order valence-electron chi connectivity index (χ3n) is 2.99. The van der Waals surface area contributed by atoms with Crippen LogP contribution in [-0.2, 0) is 4.79 Å². The van der Waals surface area contributed by atoms with Crippen molar-refractivity contribution in [3.63, 3.8) is 0 Å². The zero-order valence-electron chi connectivity index (χ0n) is 12.0. The lowest BCUT2D eigenvalue weighted by atomic mass is 10.2. The number of alkyl halides is 1. The van der Waals surface area contributed by atoms with Gasteiger partial charge in [0.05, 0.1) is 0 Å². The summed E-state index contributed by atoms with van der Waals surface area (Å²) in [4.78, 5) is 11.3. The molecule has 0 aliphatic carbocycles. The molecule has 0 spiro atoms. The Kier molecular flexibility index (Phi) is 5.22. The Bertz CT molecular complexity index is 624. The molecule has 0 saturated carbocycles. The molecule has 0 bridgehead atoms. The van der Waals surface area contributed by atoms with E-state index in [2.05, 4.69) is 10.6 Å². The molecule has 0 fully saturated rings. The van der Waals surface area contributed by atoms with Crippen molar-refractivity contribution in [3.8, 4) is 0 Å². The Morgan fingerprint density at radius 3 is 2.81 bits per heavy atom. The molecule has 1 aromatic carbocycles. The lowest BCUT2D eigenvalue weighted by Gasteiger charge is -2.11. The predicted octanol–water partition coefficient (Wildman–Crippen LogP) is 2.64. The molecule has 0 radical (unpaired) electrons. The number of hydrogen-bond donors (Lipinski definition) is 3. The molecule has 1 atom stereocenters. The zero-order valence-corrected chi connectivity index (χ0v) is 12.8. The third-order valence-corrected chi connectivity index (χ3v) is 3.23. The molecular weight excluding hydrogens is 292 g/mol. The van der Waals surface area contributed by atoms with Gasteiger partial charge in [0.15, 0.2) is 0 Å². The fraction of sp³-hybridized carbons (Fsp3) is 0.400. The number of aliphatic hydroxyl groups is 1. The third kappa shape index (κ3) is 4.20. The van der Waals surface area contributed by atoms with E-state index in [1.165, 1.54) is 0 Å². The van der Waals surface area contributed by atoms with Crippen molar-refractivity contribution in [1.82, 2.24) is 5.32 Å². The van der Waals surface area contributed by atoms with Crippen LogP contribution in [0.25, 0.3) is 11.0 Å². The van der Waals surface area contributed by atoms with Gasteiger partial charge in [-0.05, 0) is 24.3 Å². The standard InChI is InChI=1S/C15H19ClN2O3/c1-9(2)17-8-12(19)14-6-10-5-11(18-15(20)7-16)3-4-13(10)21-14/h3-6,9,12,17,19H,7-8H2,1-2H3,(H,18,20). The Balaban J connectivity index is 2.15. The number of hydrogen-bond acceptors (Lipinski definition) is 4. The molecule has 0 aliphatic rings. The van der Waals surface area contributed by atoms with Crippen LogP contribution in [0.3, 0.4) is 0 Å². The Morgan fingerprint density at radius 2 is 2.14 bits per heavy atom. The molecule has 114 valence electrons. The maximum atomic E-state index is 11.3. The molecule has 2 rings (SSSR count). The molecule has 21 heavy (non-hydrogen) atoms. The van der Waals surface area contributed by atoms with Gasteiger partial charge in [0, 0.05) is 23.7 Å². The molecule has 2 aromatic rings. The van der Waals surface area contributed by atoms with E-state index >= 15 is 0 Å². The number of furan rings is 1. The van der Waals surface area contributed by atoms with E-state index in [-0.39, 0.29) is 11.8 Å². The second-order valence-electron chi connectivity index (χ2n) is 5.16. The number of anilines is 1. The number of rotatable bonds is 6. The first kappa shape index (κ1) is 15.8. The van der Waals surface area contributed by atoms with Gasteiger partial charge >= 0.3 is 0 Å². The number of benzene rings is 1. The molecule has 5 nitrogen and oxygen atoms in total. The molecule has 0 saturated heterocycles. The lowest BCUT2D eigenvalue weighted by molar-refractivity contribution is -0.113. The quantitative estimate of drug-likeness (QED) is 0.717. The molecule has 0 aliphatic heterocycles. The van der Waals surface area contributed by atoms with Crippen LogP contribution in [0.1, 0.15) is 25.7 Å². The number of fused-ring (bicyclic) bond motifs is 1. The minimum atomic E-state index is -0.708. The van der Waals surface area contributed by atoms with Gasteiger partial charge < -0.3 is 20.2 Å². The van der Waals surface area contributed by atoms with Crippen LogP contribution < -0.4 is 10.6 Å². The SMILES string of the molecule is CC(C)NCC(O)c1cc2cc(NC(=O)CCl)ccc2o1. The number of carbonyl (C=O) groups is 1. The first-order valence-corrected chi connectivity index (χ1v) is 7.34. The van der Waals surface area contributed by atoms with E-state index < -0.39 is 6.10 Å². The van der Waals surface area contributed by atoms with E-state index in [1.807, 2.05) is 13.8 Å². The average molecular weight is 311 g/mol. The first-order valence-electron chi connectivity index (χ1n) is 6.80. The summed E-state index contributed by atoms with van der Waals surface area (Å²) in [6.45, 7) is 4.45. The minimum absolute atomic E-state index is 0.0890. The van der Waals surface area contributed by atoms with E-state index in [9.17, 15) is 9.90 Å². The Morgan fingerprint density at radius 1 is 1.38 bits per heavy atom. The highest BCUT2D eigenvalue weighted by Gasteiger charge is 2.14. The van der Waals surface area contributed by atoms with Gasteiger partial charge in [-0.3, -0.25) is 4.79 Å². The van der Waals surface area contributed by atoms with E-state index in [4.69, 9.17) is 16.0 Å². The highest BCUT2D eigenvalue weighted by atomic mass is 35.5. The van der Waals surface area contributed by atoms with Crippen molar-refractivity contribution in [3.05, 3.63) is 30.0 Å². The summed E-state index contributed by atoms with van der Waals surface area (Å²) in [5, 5.41) is 16.7.